The molecule has 0 aliphatic carbocycles. The summed E-state index contributed by atoms with van der Waals surface area (Å²) in [5.74, 6) is 1.04. The van der Waals surface area contributed by atoms with Crippen molar-refractivity contribution < 1.29 is 17.9 Å². The number of benzene rings is 1. The molecule has 3 heterocycles. The number of rotatable bonds is 5. The van der Waals surface area contributed by atoms with Crippen LogP contribution in [0.25, 0.3) is 0 Å². The number of thiazole rings is 1. The van der Waals surface area contributed by atoms with Gasteiger partial charge in [0.25, 0.3) is 5.91 Å². The molecule has 9 heteroatoms. The van der Waals surface area contributed by atoms with Crippen LogP contribution in [0.3, 0.4) is 0 Å². The molecule has 1 aromatic heterocycles. The number of piperazine rings is 1. The highest BCUT2D eigenvalue weighted by Gasteiger charge is 2.34. The van der Waals surface area contributed by atoms with Crippen LogP contribution in [-0.4, -0.2) is 72.8 Å². The summed E-state index contributed by atoms with van der Waals surface area (Å²) in [5, 5.41) is 2.95. The van der Waals surface area contributed by atoms with Gasteiger partial charge < -0.3 is 9.64 Å². The molecule has 156 valence electrons. The molecule has 1 aromatic carbocycles. The Kier molecular flexibility index (Phi) is 5.89. The maximum absolute atomic E-state index is 13.1. The van der Waals surface area contributed by atoms with Gasteiger partial charge >= 0.3 is 0 Å². The van der Waals surface area contributed by atoms with Crippen molar-refractivity contribution >= 4 is 27.1 Å². The predicted octanol–water partition coefficient (Wildman–Crippen LogP) is 1.98. The van der Waals surface area contributed by atoms with Crippen molar-refractivity contribution in [1.29, 1.82) is 0 Å². The van der Waals surface area contributed by atoms with Crippen LogP contribution in [0.2, 0.25) is 0 Å². The van der Waals surface area contributed by atoms with Gasteiger partial charge in [-0.2, -0.15) is 0 Å². The molecule has 0 spiro atoms. The summed E-state index contributed by atoms with van der Waals surface area (Å²) >= 11 is 1.57. The average molecular weight is 436 g/mol. The number of nitrogens with zero attached hydrogens (tertiary/aromatic N) is 3. The van der Waals surface area contributed by atoms with Crippen LogP contribution in [0.1, 0.15) is 27.5 Å². The van der Waals surface area contributed by atoms with Gasteiger partial charge in [0.1, 0.15) is 12.4 Å². The van der Waals surface area contributed by atoms with E-state index in [0.717, 1.165) is 10.7 Å². The van der Waals surface area contributed by atoms with Crippen molar-refractivity contribution in [3.63, 3.8) is 0 Å². The highest BCUT2D eigenvalue weighted by molar-refractivity contribution is 7.91. The molecular formula is C20H25N3O4S2. The van der Waals surface area contributed by atoms with Crippen LogP contribution < -0.4 is 4.74 Å². The van der Waals surface area contributed by atoms with E-state index < -0.39 is 9.84 Å². The van der Waals surface area contributed by atoms with Crippen LogP contribution in [0.4, 0.5) is 0 Å². The Morgan fingerprint density at radius 3 is 2.66 bits per heavy atom. The normalized spacial score (nSPS) is 22.0. The molecule has 2 saturated heterocycles. The van der Waals surface area contributed by atoms with Crippen molar-refractivity contribution in [3.05, 3.63) is 45.9 Å². The minimum atomic E-state index is -2.89. The van der Waals surface area contributed by atoms with Gasteiger partial charge in [0.2, 0.25) is 0 Å². The first-order valence-corrected chi connectivity index (χ1v) is 12.5. The molecule has 0 saturated carbocycles. The number of sulfone groups is 1. The van der Waals surface area contributed by atoms with Crippen molar-refractivity contribution in [2.75, 3.05) is 37.7 Å². The van der Waals surface area contributed by atoms with E-state index in [2.05, 4.69) is 9.88 Å². The SMILES string of the molecule is Cc1nc(COc2ccccc2C(=O)N2CCN(C3CCS(=O)(=O)C3)CC2)cs1. The maximum atomic E-state index is 13.1. The van der Waals surface area contributed by atoms with Crippen molar-refractivity contribution in [2.45, 2.75) is 26.0 Å². The molecule has 4 rings (SSSR count). The Bertz CT molecular complexity index is 981. The quantitative estimate of drug-likeness (QED) is 0.715. The lowest BCUT2D eigenvalue weighted by atomic mass is 10.1. The molecule has 2 fully saturated rings. The van der Waals surface area contributed by atoms with Gasteiger partial charge in [-0.15, -0.1) is 11.3 Å². The van der Waals surface area contributed by atoms with E-state index in [4.69, 9.17) is 4.74 Å². The number of amides is 1. The molecule has 1 unspecified atom stereocenters. The largest absolute Gasteiger partial charge is 0.486 e. The third kappa shape index (κ3) is 4.79. The van der Waals surface area contributed by atoms with E-state index in [1.807, 2.05) is 35.4 Å². The van der Waals surface area contributed by atoms with Gasteiger partial charge in [0.05, 0.1) is 27.8 Å². The summed E-state index contributed by atoms with van der Waals surface area (Å²) in [7, 11) is -2.89. The zero-order valence-corrected chi connectivity index (χ0v) is 18.0. The van der Waals surface area contributed by atoms with Gasteiger partial charge in [-0.3, -0.25) is 9.69 Å². The van der Waals surface area contributed by atoms with Gasteiger partial charge in [0.15, 0.2) is 9.84 Å². The first kappa shape index (κ1) is 20.3. The second-order valence-electron chi connectivity index (χ2n) is 7.53. The molecule has 1 amide bonds. The van der Waals surface area contributed by atoms with Crippen molar-refractivity contribution in [1.82, 2.24) is 14.8 Å². The summed E-state index contributed by atoms with van der Waals surface area (Å²) in [6.07, 6.45) is 0.697. The number of carbonyl (C=O) groups is 1. The molecule has 0 bridgehead atoms. The monoisotopic (exact) mass is 435 g/mol. The second kappa shape index (κ2) is 8.41. The number of aromatic nitrogens is 1. The fourth-order valence-electron chi connectivity index (χ4n) is 3.92. The van der Waals surface area contributed by atoms with E-state index in [-0.39, 0.29) is 23.5 Å². The topological polar surface area (TPSA) is 79.8 Å². The Hall–Kier alpha value is -1.97. The third-order valence-electron chi connectivity index (χ3n) is 5.49. The van der Waals surface area contributed by atoms with E-state index in [1.165, 1.54) is 0 Å². The van der Waals surface area contributed by atoms with Crippen LogP contribution in [0.15, 0.2) is 29.6 Å². The summed E-state index contributed by atoms with van der Waals surface area (Å²) in [6.45, 7) is 4.87. The molecule has 7 nitrogen and oxygen atoms in total. The highest BCUT2D eigenvalue weighted by Crippen LogP contribution is 2.24. The smallest absolute Gasteiger partial charge is 0.257 e. The first-order valence-electron chi connectivity index (χ1n) is 9.78. The molecule has 2 aliphatic rings. The Labute approximate surface area is 175 Å². The molecule has 29 heavy (non-hydrogen) atoms. The fraction of sp³-hybridized carbons (Fsp3) is 0.500. The standard InChI is InChI=1S/C20H25N3O4S2/c1-15-21-16(13-28-15)12-27-19-5-3-2-4-18(19)20(24)23-9-7-22(8-10-23)17-6-11-29(25,26)14-17/h2-5,13,17H,6-12,14H2,1H3. The first-order chi connectivity index (χ1) is 13.9. The predicted molar refractivity (Wildman–Crippen MR) is 112 cm³/mol. The number of carbonyl (C=O) groups excluding carboxylic acids is 1. The Morgan fingerprint density at radius 1 is 1.24 bits per heavy atom. The van der Waals surface area contributed by atoms with Gasteiger partial charge in [-0.25, -0.2) is 13.4 Å². The Balaban J connectivity index is 1.37. The Morgan fingerprint density at radius 2 is 2.00 bits per heavy atom. The highest BCUT2D eigenvalue weighted by atomic mass is 32.2. The van der Waals surface area contributed by atoms with Crippen LogP contribution >= 0.6 is 11.3 Å². The van der Waals surface area contributed by atoms with Crippen molar-refractivity contribution in [3.8, 4) is 5.75 Å². The summed E-state index contributed by atoms with van der Waals surface area (Å²) in [6, 6.07) is 7.39. The molecule has 2 aromatic rings. The van der Waals surface area contributed by atoms with Gasteiger partial charge in [-0.1, -0.05) is 12.1 Å². The second-order valence-corrected chi connectivity index (χ2v) is 10.8. The molecule has 0 radical (unpaired) electrons. The summed E-state index contributed by atoms with van der Waals surface area (Å²) < 4.78 is 29.4. The van der Waals surface area contributed by atoms with E-state index in [0.29, 0.717) is 50.5 Å². The lowest BCUT2D eigenvalue weighted by molar-refractivity contribution is 0.0583. The molecule has 2 aliphatic heterocycles. The number of para-hydroxylation sites is 1. The third-order valence-corrected chi connectivity index (χ3v) is 8.06. The molecule has 1 atom stereocenters. The zero-order valence-electron chi connectivity index (χ0n) is 16.4. The number of hydrogen-bond acceptors (Lipinski definition) is 7. The van der Waals surface area contributed by atoms with Gasteiger partial charge in [0, 0.05) is 37.6 Å². The molecular weight excluding hydrogens is 410 g/mol. The number of aryl methyl sites for hydroxylation is 1. The van der Waals surface area contributed by atoms with Crippen molar-refractivity contribution in [2.24, 2.45) is 0 Å². The minimum Gasteiger partial charge on any atom is -0.486 e. The van der Waals surface area contributed by atoms with Crippen LogP contribution in [0, 0.1) is 6.92 Å². The lowest BCUT2D eigenvalue weighted by Gasteiger charge is -2.37. The zero-order chi connectivity index (χ0) is 20.4. The van der Waals surface area contributed by atoms with E-state index >= 15 is 0 Å². The number of hydrogen-bond donors (Lipinski definition) is 0. The molecule has 0 N–H and O–H groups in total. The maximum Gasteiger partial charge on any atom is 0.257 e. The summed E-state index contributed by atoms with van der Waals surface area (Å²) in [4.78, 5) is 21.5. The minimum absolute atomic E-state index is 0.0475. The van der Waals surface area contributed by atoms with Gasteiger partial charge in [-0.05, 0) is 25.5 Å². The average Bonchev–Trinajstić information content (AvgIpc) is 3.31. The lowest BCUT2D eigenvalue weighted by Crippen LogP contribution is -2.52. The van der Waals surface area contributed by atoms with Crippen LogP contribution in [-0.2, 0) is 16.4 Å². The fourth-order valence-corrected chi connectivity index (χ4v) is 6.28. The van der Waals surface area contributed by atoms with Crippen LogP contribution in [0.5, 0.6) is 5.75 Å². The number of ether oxygens (including phenoxy) is 1. The summed E-state index contributed by atoms with van der Waals surface area (Å²) in [5.41, 5.74) is 1.41. The van der Waals surface area contributed by atoms with E-state index in [9.17, 15) is 13.2 Å². The van der Waals surface area contributed by atoms with E-state index in [1.54, 1.807) is 17.4 Å².